The van der Waals surface area contributed by atoms with Crippen molar-refractivity contribution in [3.63, 3.8) is 0 Å². The lowest BCUT2D eigenvalue weighted by Gasteiger charge is -2.34. The summed E-state index contributed by atoms with van der Waals surface area (Å²) >= 11 is 0. The molecule has 1 aliphatic carbocycles. The average molecular weight is 1270 g/mol. The van der Waals surface area contributed by atoms with Crippen LogP contribution in [-0.4, -0.2) is 0 Å². The lowest BCUT2D eigenvalue weighted by Crippen LogP contribution is -2.28. The second-order valence-corrected chi connectivity index (χ2v) is 25.9. The molecule has 0 saturated carbocycles. The number of hydrogen-bond acceptors (Lipinski definition) is 3. The zero-order valence-electron chi connectivity index (χ0n) is 55.7. The molecule has 0 heterocycles. The molecular formula is C96H74N2O. The van der Waals surface area contributed by atoms with Crippen molar-refractivity contribution in [1.82, 2.24) is 0 Å². The van der Waals surface area contributed by atoms with Crippen molar-refractivity contribution in [3.05, 3.63) is 416 Å². The molecule has 3 heteroatoms. The van der Waals surface area contributed by atoms with Gasteiger partial charge in [-0.25, -0.2) is 0 Å². The monoisotopic (exact) mass is 1270 g/mol. The van der Waals surface area contributed by atoms with Gasteiger partial charge in [0.25, 0.3) is 0 Å². The van der Waals surface area contributed by atoms with Crippen LogP contribution in [0.1, 0.15) is 59.6 Å². The van der Waals surface area contributed by atoms with Gasteiger partial charge in [0.1, 0.15) is 12.4 Å². The predicted octanol–water partition coefficient (Wildman–Crippen LogP) is 26.1. The van der Waals surface area contributed by atoms with E-state index in [0.29, 0.717) is 12.5 Å². The summed E-state index contributed by atoms with van der Waals surface area (Å²) in [6, 6.07) is 140. The van der Waals surface area contributed by atoms with Gasteiger partial charge in [0, 0.05) is 34.1 Å². The van der Waals surface area contributed by atoms with Gasteiger partial charge in [-0.05, 0) is 221 Å². The molecule has 0 amide bonds. The summed E-state index contributed by atoms with van der Waals surface area (Å²) in [7, 11) is 0. The Morgan fingerprint density at radius 3 is 0.859 bits per heavy atom. The molecule has 1 unspecified atom stereocenters. The minimum absolute atomic E-state index is 0.484. The summed E-state index contributed by atoms with van der Waals surface area (Å²) < 4.78 is 6.62. The fraction of sp³-hybridized carbons (Fsp3) is 0.0625. The number of fused-ring (bicyclic) bond motifs is 3. The normalized spacial score (nSPS) is 12.3. The predicted molar refractivity (Wildman–Crippen MR) is 415 cm³/mol. The van der Waals surface area contributed by atoms with Crippen LogP contribution in [0, 0.1) is 0 Å². The topological polar surface area (TPSA) is 15.7 Å². The minimum Gasteiger partial charge on any atom is -0.489 e. The molecule has 474 valence electrons. The van der Waals surface area contributed by atoms with Gasteiger partial charge in [-0.15, -0.1) is 0 Å². The van der Waals surface area contributed by atoms with E-state index in [4.69, 9.17) is 4.74 Å². The summed E-state index contributed by atoms with van der Waals surface area (Å²) in [5, 5.41) is 0. The van der Waals surface area contributed by atoms with Gasteiger partial charge in [0.2, 0.25) is 0 Å². The Balaban J connectivity index is 0.783. The maximum Gasteiger partial charge on any atom is 0.119 e. The van der Waals surface area contributed by atoms with E-state index in [1.807, 2.05) is 0 Å². The van der Waals surface area contributed by atoms with Gasteiger partial charge in [0.05, 0.1) is 5.41 Å². The number of hydrogen-bond donors (Lipinski definition) is 0. The highest BCUT2D eigenvalue weighted by Crippen LogP contribution is 2.58. The van der Waals surface area contributed by atoms with Crippen molar-refractivity contribution in [2.45, 2.75) is 38.2 Å². The molecule has 0 aromatic heterocycles. The van der Waals surface area contributed by atoms with Crippen LogP contribution in [0.4, 0.5) is 34.1 Å². The fourth-order valence-corrected chi connectivity index (χ4v) is 14.5. The second-order valence-electron chi connectivity index (χ2n) is 25.9. The van der Waals surface area contributed by atoms with Crippen LogP contribution in [0.2, 0.25) is 0 Å². The molecule has 3 nitrogen and oxygen atoms in total. The number of nitrogens with zero attached hydrogens (tertiary/aromatic N) is 2. The maximum absolute atomic E-state index is 6.62. The van der Waals surface area contributed by atoms with Crippen LogP contribution in [-0.2, 0) is 12.0 Å². The van der Waals surface area contributed by atoms with Gasteiger partial charge in [-0.2, -0.15) is 0 Å². The lowest BCUT2D eigenvalue weighted by molar-refractivity contribution is 0.306. The molecule has 0 spiro atoms. The number of benzene rings is 15. The SMILES string of the molecule is CCC(C)c1ccc(COc2ccc(C3(c4ccccc4)c4cc(-c5ccc(N(c6ccc(-c7ccccc7)cc6)c6ccc(-c7ccccc7)cc6)cc5)ccc4-c4ccc(-c5ccc(N(c6ccc(-c7ccccc7)cc6)c6ccc(-c7ccccc7)cc6)cc5)cc43)cc2)cc1. The first-order valence-corrected chi connectivity index (χ1v) is 34.5. The van der Waals surface area contributed by atoms with E-state index in [-0.39, 0.29) is 0 Å². The van der Waals surface area contributed by atoms with Crippen molar-refractivity contribution in [1.29, 1.82) is 0 Å². The van der Waals surface area contributed by atoms with Gasteiger partial charge in [0.15, 0.2) is 0 Å². The van der Waals surface area contributed by atoms with E-state index in [2.05, 4.69) is 406 Å². The van der Waals surface area contributed by atoms with Crippen LogP contribution in [0.25, 0.3) is 77.9 Å². The first-order valence-electron chi connectivity index (χ1n) is 34.5. The van der Waals surface area contributed by atoms with E-state index in [1.54, 1.807) is 0 Å². The molecular weight excluding hydrogens is 1200 g/mol. The highest BCUT2D eigenvalue weighted by Gasteiger charge is 2.46. The molecule has 0 aliphatic heterocycles. The Kier molecular flexibility index (Phi) is 17.1. The van der Waals surface area contributed by atoms with Crippen LogP contribution in [0.3, 0.4) is 0 Å². The highest BCUT2D eigenvalue weighted by atomic mass is 16.5. The third-order valence-corrected chi connectivity index (χ3v) is 20.0. The Morgan fingerprint density at radius 2 is 0.545 bits per heavy atom. The van der Waals surface area contributed by atoms with Gasteiger partial charge in [-0.3, -0.25) is 0 Å². The molecule has 0 N–H and O–H groups in total. The van der Waals surface area contributed by atoms with Crippen molar-refractivity contribution < 1.29 is 4.74 Å². The summed E-state index contributed by atoms with van der Waals surface area (Å²) in [6.07, 6.45) is 1.11. The van der Waals surface area contributed by atoms with Gasteiger partial charge < -0.3 is 14.5 Å². The highest BCUT2D eigenvalue weighted by molar-refractivity contribution is 5.91. The minimum atomic E-state index is -0.717. The number of anilines is 6. The van der Waals surface area contributed by atoms with E-state index in [1.165, 1.54) is 83.5 Å². The third-order valence-electron chi connectivity index (χ3n) is 20.0. The number of ether oxygens (including phenoxy) is 1. The van der Waals surface area contributed by atoms with E-state index in [9.17, 15) is 0 Å². The van der Waals surface area contributed by atoms with Gasteiger partial charge >= 0.3 is 0 Å². The molecule has 1 aliphatic rings. The molecule has 99 heavy (non-hydrogen) atoms. The molecule has 15 aromatic rings. The third kappa shape index (κ3) is 12.3. The zero-order chi connectivity index (χ0) is 66.5. The fourth-order valence-electron chi connectivity index (χ4n) is 14.5. The van der Waals surface area contributed by atoms with Gasteiger partial charge in [-0.1, -0.05) is 299 Å². The molecule has 0 saturated heterocycles. The summed E-state index contributed by atoms with van der Waals surface area (Å²) in [5.41, 5.74) is 29.6. The quantitative estimate of drug-likeness (QED) is 0.0802. The summed E-state index contributed by atoms with van der Waals surface area (Å²) in [5.74, 6) is 1.35. The second kappa shape index (κ2) is 27.4. The Labute approximate surface area is 582 Å². The summed E-state index contributed by atoms with van der Waals surface area (Å²) in [6.45, 7) is 5.02. The van der Waals surface area contributed by atoms with Crippen LogP contribution in [0.5, 0.6) is 5.75 Å². The summed E-state index contributed by atoms with van der Waals surface area (Å²) in [4.78, 5) is 4.72. The van der Waals surface area contributed by atoms with Crippen molar-refractivity contribution in [2.24, 2.45) is 0 Å². The van der Waals surface area contributed by atoms with Crippen molar-refractivity contribution in [2.75, 3.05) is 9.80 Å². The molecule has 0 radical (unpaired) electrons. The molecule has 1 atom stereocenters. The Bertz CT molecular complexity index is 4770. The van der Waals surface area contributed by atoms with Crippen molar-refractivity contribution in [3.8, 4) is 83.6 Å². The zero-order valence-corrected chi connectivity index (χ0v) is 55.7. The standard InChI is InChI=1S/C96H74N2O/c1-3-68(2)70-31-29-69(30-32-70)67-99-91-61-47-84(48-62-91)96(83-27-17-8-18-28-83)94-65-81(79-41-57-89(58-42-79)97(85-49-33-75(34-50-85)71-19-9-4-10-20-71)86-51-35-76(36-52-86)72-21-11-5-12-22-72)45-63-92(94)93-64-46-82(66-95(93)96)80-43-59-90(60-44-80)98(87-53-37-77(38-54-87)73-23-13-6-14-24-73)88-55-39-78(40-56-88)74-25-15-7-16-26-74/h4-66,68H,3,67H2,1-2H3. The van der Waals surface area contributed by atoms with Crippen molar-refractivity contribution >= 4 is 34.1 Å². The number of rotatable bonds is 19. The smallest absolute Gasteiger partial charge is 0.119 e. The first-order chi connectivity index (χ1) is 48.9. The average Bonchev–Trinajstić information content (AvgIpc) is 1.54. The Morgan fingerprint density at radius 1 is 0.273 bits per heavy atom. The van der Waals surface area contributed by atoms with E-state index >= 15 is 0 Å². The lowest BCUT2D eigenvalue weighted by atomic mass is 9.67. The maximum atomic E-state index is 6.62. The van der Waals surface area contributed by atoms with Crippen LogP contribution in [0.15, 0.2) is 382 Å². The van der Waals surface area contributed by atoms with Crippen LogP contribution >= 0.6 is 0 Å². The van der Waals surface area contributed by atoms with Crippen LogP contribution < -0.4 is 14.5 Å². The first kappa shape index (κ1) is 61.6. The largest absolute Gasteiger partial charge is 0.489 e. The molecule has 16 rings (SSSR count). The molecule has 0 fully saturated rings. The van der Waals surface area contributed by atoms with E-state index in [0.717, 1.165) is 74.1 Å². The molecule has 15 aromatic carbocycles. The molecule has 0 bridgehead atoms. The van der Waals surface area contributed by atoms with E-state index < -0.39 is 5.41 Å². The Hall–Kier alpha value is -12.3.